The molecule has 0 amide bonds. The van der Waals surface area contributed by atoms with Crippen LogP contribution in [-0.2, 0) is 0 Å². The Morgan fingerprint density at radius 3 is 2.44 bits per heavy atom. The van der Waals surface area contributed by atoms with Crippen LogP contribution in [0.15, 0.2) is 34.3 Å². The number of halogens is 1. The molecule has 0 spiro atoms. The van der Waals surface area contributed by atoms with Gasteiger partial charge in [-0.25, -0.2) is 9.97 Å². The van der Waals surface area contributed by atoms with Crippen LogP contribution in [0.3, 0.4) is 0 Å². The van der Waals surface area contributed by atoms with E-state index in [2.05, 4.69) is 16.0 Å². The smallest absolute Gasteiger partial charge is 0.196 e. The second-order valence-electron chi connectivity index (χ2n) is 3.35. The van der Waals surface area contributed by atoms with Gasteiger partial charge < -0.3 is 11.5 Å². The molecule has 7 heteroatoms. The average Bonchev–Trinajstić information content (AvgIpc) is 2.30. The molecule has 0 bridgehead atoms. The number of benzene rings is 1. The van der Waals surface area contributed by atoms with E-state index in [9.17, 15) is 0 Å². The lowest BCUT2D eigenvalue weighted by atomic mass is 10.2. The average molecular weight is 278 g/mol. The summed E-state index contributed by atoms with van der Waals surface area (Å²) in [7, 11) is 0. The van der Waals surface area contributed by atoms with E-state index >= 15 is 0 Å². The molecule has 4 N–H and O–H groups in total. The number of nitriles is 1. The lowest BCUT2D eigenvalue weighted by Crippen LogP contribution is -1.99. The number of aromatic nitrogens is 2. The molecular formula is C11H8ClN5S. The molecule has 0 aliphatic heterocycles. The fourth-order valence-corrected chi connectivity index (χ4v) is 2.31. The zero-order chi connectivity index (χ0) is 13.1. The van der Waals surface area contributed by atoms with Gasteiger partial charge in [0.25, 0.3) is 0 Å². The normalized spacial score (nSPS) is 10.0. The first kappa shape index (κ1) is 12.5. The number of hydrogen-bond acceptors (Lipinski definition) is 6. The van der Waals surface area contributed by atoms with E-state index < -0.39 is 0 Å². The summed E-state index contributed by atoms with van der Waals surface area (Å²) in [5.41, 5.74) is 11.6. The Bertz CT molecular complexity index is 618. The second kappa shape index (κ2) is 5.12. The van der Waals surface area contributed by atoms with Gasteiger partial charge in [0.05, 0.1) is 5.56 Å². The van der Waals surface area contributed by atoms with Crippen LogP contribution < -0.4 is 11.5 Å². The molecule has 0 radical (unpaired) electrons. The second-order valence-corrected chi connectivity index (χ2v) is 4.80. The van der Waals surface area contributed by atoms with E-state index in [1.54, 1.807) is 18.2 Å². The van der Waals surface area contributed by atoms with E-state index in [0.717, 1.165) is 0 Å². The van der Waals surface area contributed by atoms with Gasteiger partial charge in [0, 0.05) is 16.0 Å². The highest BCUT2D eigenvalue weighted by Gasteiger charge is 2.08. The fourth-order valence-electron chi connectivity index (χ4n) is 1.28. The van der Waals surface area contributed by atoms with Crippen LogP contribution in [0.4, 0.5) is 11.6 Å². The molecule has 2 rings (SSSR count). The molecule has 0 saturated carbocycles. The third-order valence-corrected chi connectivity index (χ3v) is 3.18. The monoisotopic (exact) mass is 277 g/mol. The first-order chi connectivity index (χ1) is 8.58. The molecule has 1 aromatic heterocycles. The minimum atomic E-state index is 0.289. The SMILES string of the molecule is N#Cc1cc(Cl)ccc1Sc1nc(N)cc(N)n1. The van der Waals surface area contributed by atoms with Crippen LogP contribution in [0.25, 0.3) is 0 Å². The van der Waals surface area contributed by atoms with Crippen molar-refractivity contribution < 1.29 is 0 Å². The molecule has 1 aromatic carbocycles. The lowest BCUT2D eigenvalue weighted by molar-refractivity contribution is 0.984. The fraction of sp³-hybridized carbons (Fsp3) is 0. The van der Waals surface area contributed by atoms with Gasteiger partial charge in [-0.15, -0.1) is 0 Å². The van der Waals surface area contributed by atoms with Crippen molar-refractivity contribution in [1.29, 1.82) is 5.26 Å². The van der Waals surface area contributed by atoms with E-state index in [-0.39, 0.29) is 11.6 Å². The van der Waals surface area contributed by atoms with E-state index in [0.29, 0.717) is 20.6 Å². The van der Waals surface area contributed by atoms with Gasteiger partial charge in [-0.3, -0.25) is 0 Å². The molecule has 0 saturated heterocycles. The molecule has 0 fully saturated rings. The van der Waals surface area contributed by atoms with Gasteiger partial charge in [0.2, 0.25) is 0 Å². The number of nitrogens with zero attached hydrogens (tertiary/aromatic N) is 3. The number of nitrogens with two attached hydrogens (primary N) is 2. The van der Waals surface area contributed by atoms with Crippen LogP contribution in [0.1, 0.15) is 5.56 Å². The summed E-state index contributed by atoms with van der Waals surface area (Å²) in [5.74, 6) is 0.579. The van der Waals surface area contributed by atoms with Crippen LogP contribution in [0, 0.1) is 11.3 Å². The molecular weight excluding hydrogens is 270 g/mol. The third kappa shape index (κ3) is 2.83. The summed E-state index contributed by atoms with van der Waals surface area (Å²) in [6.07, 6.45) is 0. The van der Waals surface area contributed by atoms with Gasteiger partial charge in [0.1, 0.15) is 17.7 Å². The van der Waals surface area contributed by atoms with Crippen LogP contribution in [0.2, 0.25) is 5.02 Å². The van der Waals surface area contributed by atoms with Gasteiger partial charge >= 0.3 is 0 Å². The largest absolute Gasteiger partial charge is 0.383 e. The summed E-state index contributed by atoms with van der Waals surface area (Å²) in [4.78, 5) is 8.77. The zero-order valence-electron chi connectivity index (χ0n) is 9.09. The van der Waals surface area contributed by atoms with E-state index in [1.165, 1.54) is 17.8 Å². The van der Waals surface area contributed by atoms with Gasteiger partial charge in [-0.05, 0) is 30.0 Å². The Balaban J connectivity index is 2.37. The highest BCUT2D eigenvalue weighted by Crippen LogP contribution is 2.30. The number of anilines is 2. The Morgan fingerprint density at radius 1 is 1.17 bits per heavy atom. The predicted molar refractivity (Wildman–Crippen MR) is 71.1 cm³/mol. The number of rotatable bonds is 2. The molecule has 0 atom stereocenters. The minimum absolute atomic E-state index is 0.289. The zero-order valence-corrected chi connectivity index (χ0v) is 10.7. The maximum Gasteiger partial charge on any atom is 0.196 e. The number of hydrogen-bond donors (Lipinski definition) is 2. The highest BCUT2D eigenvalue weighted by atomic mass is 35.5. The quantitative estimate of drug-likeness (QED) is 0.817. The summed E-state index contributed by atoms with van der Waals surface area (Å²) in [6, 6.07) is 8.54. The van der Waals surface area contributed by atoms with Crippen LogP contribution in [-0.4, -0.2) is 9.97 Å². The van der Waals surface area contributed by atoms with Gasteiger partial charge in [-0.2, -0.15) is 5.26 Å². The first-order valence-electron chi connectivity index (χ1n) is 4.86. The Kier molecular flexibility index (Phi) is 3.55. The molecule has 90 valence electrons. The third-order valence-electron chi connectivity index (χ3n) is 2.01. The van der Waals surface area contributed by atoms with Gasteiger partial charge in [0.15, 0.2) is 5.16 Å². The van der Waals surface area contributed by atoms with E-state index in [1.807, 2.05) is 0 Å². The predicted octanol–water partition coefficient (Wildman–Crippen LogP) is 2.32. The number of nitrogen functional groups attached to an aromatic ring is 2. The molecule has 1 heterocycles. The van der Waals surface area contributed by atoms with Crippen molar-refractivity contribution in [3.05, 3.63) is 34.9 Å². The maximum atomic E-state index is 9.02. The highest BCUT2D eigenvalue weighted by molar-refractivity contribution is 7.99. The molecule has 0 unspecified atom stereocenters. The first-order valence-corrected chi connectivity index (χ1v) is 6.05. The Hall–Kier alpha value is -1.97. The van der Waals surface area contributed by atoms with Crippen molar-refractivity contribution in [2.45, 2.75) is 10.1 Å². The van der Waals surface area contributed by atoms with Crippen LogP contribution >= 0.6 is 23.4 Å². The molecule has 5 nitrogen and oxygen atoms in total. The molecule has 0 aliphatic carbocycles. The topological polar surface area (TPSA) is 102 Å². The summed E-state index contributed by atoms with van der Waals surface area (Å²) in [5, 5.41) is 9.92. The summed E-state index contributed by atoms with van der Waals surface area (Å²) < 4.78 is 0. The lowest BCUT2D eigenvalue weighted by Gasteiger charge is -2.04. The minimum Gasteiger partial charge on any atom is -0.383 e. The van der Waals surface area contributed by atoms with Crippen molar-refractivity contribution >= 4 is 35.0 Å². The molecule has 18 heavy (non-hydrogen) atoms. The molecule has 2 aromatic rings. The van der Waals surface area contributed by atoms with Crippen molar-refractivity contribution in [2.24, 2.45) is 0 Å². The van der Waals surface area contributed by atoms with Crippen molar-refractivity contribution in [1.82, 2.24) is 9.97 Å². The molecule has 0 aliphatic rings. The summed E-state index contributed by atoms with van der Waals surface area (Å²) >= 11 is 7.03. The van der Waals surface area contributed by atoms with Crippen molar-refractivity contribution in [3.63, 3.8) is 0 Å². The van der Waals surface area contributed by atoms with Crippen molar-refractivity contribution in [2.75, 3.05) is 11.5 Å². The Labute approximate surface area is 113 Å². The Morgan fingerprint density at radius 2 is 1.83 bits per heavy atom. The standard InChI is InChI=1S/C11H8ClN5S/c12-7-1-2-8(6(3-7)5-13)18-11-16-9(14)4-10(15)17-11/h1-4H,(H4,14,15,16,17). The van der Waals surface area contributed by atoms with Gasteiger partial charge in [-0.1, -0.05) is 11.6 Å². The van der Waals surface area contributed by atoms with E-state index in [4.69, 9.17) is 28.3 Å². The summed E-state index contributed by atoms with van der Waals surface area (Å²) in [6.45, 7) is 0. The maximum absolute atomic E-state index is 9.02. The van der Waals surface area contributed by atoms with Crippen molar-refractivity contribution in [3.8, 4) is 6.07 Å². The van der Waals surface area contributed by atoms with Crippen LogP contribution in [0.5, 0.6) is 0 Å².